The summed E-state index contributed by atoms with van der Waals surface area (Å²) in [5, 5.41) is 7.09. The molecule has 2 N–H and O–H groups in total. The Morgan fingerprint density at radius 2 is 2.33 bits per heavy atom. The molecule has 1 heterocycles. The Bertz CT molecular complexity index is 379. The number of hydrogen-bond donors (Lipinski definition) is 2. The van der Waals surface area contributed by atoms with Gasteiger partial charge in [0.05, 0.1) is 12.9 Å². The first kappa shape index (κ1) is 13.1. The molecule has 0 fully saturated rings. The van der Waals surface area contributed by atoms with Crippen LogP contribution in [0.15, 0.2) is 37.1 Å². The largest absolute Gasteiger partial charge is 0.502 e. The Morgan fingerprint density at radius 3 is 3.22 bits per heavy atom. The Balaban J connectivity index is 1.89. The van der Waals surface area contributed by atoms with E-state index in [2.05, 4.69) is 41.5 Å². The Kier molecular flexibility index (Phi) is 5.24. The molecule has 0 aromatic heterocycles. The Morgan fingerprint density at radius 1 is 1.44 bits per heavy atom. The maximum absolute atomic E-state index is 5.13. The summed E-state index contributed by atoms with van der Waals surface area (Å²) in [6, 6.07) is 9.14. The van der Waals surface area contributed by atoms with Gasteiger partial charge < -0.3 is 15.4 Å². The van der Waals surface area contributed by atoms with Gasteiger partial charge >= 0.3 is 0 Å². The summed E-state index contributed by atoms with van der Waals surface area (Å²) in [5.41, 5.74) is 2.85. The number of nitrogens with one attached hydrogen (secondary N) is 2. The van der Waals surface area contributed by atoms with Crippen LogP contribution in [0, 0.1) is 0 Å². The third-order valence-corrected chi connectivity index (χ3v) is 3.30. The van der Waals surface area contributed by atoms with Gasteiger partial charge in [-0.1, -0.05) is 30.8 Å². The molecule has 18 heavy (non-hydrogen) atoms. The maximum atomic E-state index is 5.13. The fourth-order valence-electron chi connectivity index (χ4n) is 2.39. The van der Waals surface area contributed by atoms with Crippen molar-refractivity contribution in [2.24, 2.45) is 0 Å². The molecule has 3 heteroatoms. The van der Waals surface area contributed by atoms with Crippen LogP contribution in [0.5, 0.6) is 0 Å². The fourth-order valence-corrected chi connectivity index (χ4v) is 2.39. The number of rotatable bonds is 6. The molecule has 1 aliphatic rings. The summed E-state index contributed by atoms with van der Waals surface area (Å²) in [4.78, 5) is 0. The van der Waals surface area contributed by atoms with Gasteiger partial charge in [0.25, 0.3) is 0 Å². The highest BCUT2D eigenvalue weighted by molar-refractivity contribution is 5.30. The second-order valence-electron chi connectivity index (χ2n) is 4.56. The predicted octanol–water partition coefficient (Wildman–Crippen LogP) is 2.36. The van der Waals surface area contributed by atoms with E-state index in [4.69, 9.17) is 4.74 Å². The van der Waals surface area contributed by atoms with Crippen LogP contribution in [0.25, 0.3) is 0 Å². The molecule has 2 rings (SSSR count). The van der Waals surface area contributed by atoms with Gasteiger partial charge in [-0.15, -0.1) is 0 Å². The molecule has 0 bridgehead atoms. The molecular weight excluding hydrogens is 224 g/mol. The molecule has 1 atom stereocenters. The smallest absolute Gasteiger partial charge is 0.0885 e. The molecule has 0 aliphatic carbocycles. The van der Waals surface area contributed by atoms with E-state index in [-0.39, 0.29) is 0 Å². The fraction of sp³-hybridized carbons (Fsp3) is 0.467. The van der Waals surface area contributed by atoms with Gasteiger partial charge in [-0.25, -0.2) is 0 Å². The highest BCUT2D eigenvalue weighted by Crippen LogP contribution is 2.23. The van der Waals surface area contributed by atoms with Gasteiger partial charge in [0.1, 0.15) is 0 Å². The summed E-state index contributed by atoms with van der Waals surface area (Å²) in [6.07, 6.45) is 3.66. The van der Waals surface area contributed by atoms with E-state index >= 15 is 0 Å². The Labute approximate surface area is 109 Å². The second kappa shape index (κ2) is 7.19. The second-order valence-corrected chi connectivity index (χ2v) is 4.56. The lowest BCUT2D eigenvalue weighted by atomic mass is 9.99. The van der Waals surface area contributed by atoms with Crippen molar-refractivity contribution < 1.29 is 4.74 Å². The normalized spacial score (nSPS) is 18.8. The number of benzene rings is 1. The van der Waals surface area contributed by atoms with Gasteiger partial charge in [0.2, 0.25) is 0 Å². The summed E-state index contributed by atoms with van der Waals surface area (Å²) < 4.78 is 5.13. The van der Waals surface area contributed by atoms with Crippen LogP contribution in [-0.4, -0.2) is 19.7 Å². The van der Waals surface area contributed by atoms with E-state index in [0.29, 0.717) is 6.04 Å². The lowest BCUT2D eigenvalue weighted by Gasteiger charge is -2.19. The molecule has 0 spiro atoms. The van der Waals surface area contributed by atoms with Crippen LogP contribution in [0.2, 0.25) is 0 Å². The van der Waals surface area contributed by atoms with Gasteiger partial charge in [0, 0.05) is 12.6 Å². The van der Waals surface area contributed by atoms with Crippen LogP contribution >= 0.6 is 0 Å². The lowest BCUT2D eigenvalue weighted by molar-refractivity contribution is 0.242. The quantitative estimate of drug-likeness (QED) is 0.597. The van der Waals surface area contributed by atoms with Crippen molar-refractivity contribution in [3.63, 3.8) is 0 Å². The average molecular weight is 246 g/mol. The van der Waals surface area contributed by atoms with E-state index in [1.165, 1.54) is 17.4 Å². The topological polar surface area (TPSA) is 33.3 Å². The van der Waals surface area contributed by atoms with Crippen molar-refractivity contribution in [3.8, 4) is 0 Å². The number of hydrogen-bond acceptors (Lipinski definition) is 3. The first-order chi connectivity index (χ1) is 8.92. The van der Waals surface area contributed by atoms with Crippen molar-refractivity contribution >= 4 is 0 Å². The first-order valence-electron chi connectivity index (χ1n) is 6.66. The summed E-state index contributed by atoms with van der Waals surface area (Å²) in [6.45, 7) is 7.30. The first-order valence-corrected chi connectivity index (χ1v) is 6.66. The summed E-state index contributed by atoms with van der Waals surface area (Å²) >= 11 is 0. The highest BCUT2D eigenvalue weighted by atomic mass is 16.5. The monoisotopic (exact) mass is 246 g/mol. The average Bonchev–Trinajstić information content (AvgIpc) is 2.61. The summed E-state index contributed by atoms with van der Waals surface area (Å²) in [5.74, 6) is 0. The highest BCUT2D eigenvalue weighted by Gasteiger charge is 2.16. The van der Waals surface area contributed by atoms with Gasteiger partial charge in [0.15, 0.2) is 0 Å². The van der Waals surface area contributed by atoms with E-state index in [0.717, 1.165) is 39.1 Å². The molecule has 0 saturated carbocycles. The maximum Gasteiger partial charge on any atom is 0.0885 e. The molecule has 0 amide bonds. The third kappa shape index (κ3) is 3.59. The molecule has 1 aromatic rings. The lowest BCUT2D eigenvalue weighted by Crippen LogP contribution is -2.24. The van der Waals surface area contributed by atoms with Crippen molar-refractivity contribution in [2.45, 2.75) is 25.4 Å². The molecule has 0 saturated heterocycles. The Hall–Kier alpha value is -1.32. The van der Waals surface area contributed by atoms with Crippen LogP contribution in [0.1, 0.15) is 30.0 Å². The zero-order valence-corrected chi connectivity index (χ0v) is 10.8. The van der Waals surface area contributed by atoms with Gasteiger partial charge in [-0.3, -0.25) is 0 Å². The van der Waals surface area contributed by atoms with E-state index in [1.54, 1.807) is 0 Å². The van der Waals surface area contributed by atoms with Gasteiger partial charge in [-0.2, -0.15) is 0 Å². The van der Waals surface area contributed by atoms with Crippen molar-refractivity contribution in [2.75, 3.05) is 19.7 Å². The zero-order chi connectivity index (χ0) is 12.6. The zero-order valence-electron chi connectivity index (χ0n) is 10.8. The van der Waals surface area contributed by atoms with Crippen LogP contribution in [0.4, 0.5) is 0 Å². The molecule has 1 unspecified atom stereocenters. The van der Waals surface area contributed by atoms with Crippen molar-refractivity contribution in [1.82, 2.24) is 10.6 Å². The van der Waals surface area contributed by atoms with E-state index in [1.807, 2.05) is 0 Å². The van der Waals surface area contributed by atoms with E-state index in [9.17, 15) is 0 Å². The van der Waals surface area contributed by atoms with Crippen LogP contribution < -0.4 is 10.6 Å². The van der Waals surface area contributed by atoms with Gasteiger partial charge in [-0.05, 0) is 37.1 Å². The number of fused-ring (bicyclic) bond motifs is 1. The molecule has 1 aromatic carbocycles. The molecule has 3 nitrogen and oxygen atoms in total. The molecule has 0 radical (unpaired) electrons. The molecular formula is C15H22N2O. The standard InChI is InChI=1S/C15H22N2O/c1-2-18-11-5-9-17-15-8-10-16-12-13-6-3-4-7-14(13)15/h2-4,6-7,15-17H,1,5,8-12H2. The van der Waals surface area contributed by atoms with Crippen molar-refractivity contribution in [3.05, 3.63) is 48.2 Å². The predicted molar refractivity (Wildman–Crippen MR) is 74.3 cm³/mol. The van der Waals surface area contributed by atoms with Crippen LogP contribution in [-0.2, 0) is 11.3 Å². The molecule has 1 aliphatic heterocycles. The third-order valence-electron chi connectivity index (χ3n) is 3.30. The summed E-state index contributed by atoms with van der Waals surface area (Å²) in [7, 11) is 0. The van der Waals surface area contributed by atoms with Crippen LogP contribution in [0.3, 0.4) is 0 Å². The minimum atomic E-state index is 0.458. The number of ether oxygens (including phenoxy) is 1. The van der Waals surface area contributed by atoms with E-state index < -0.39 is 0 Å². The minimum Gasteiger partial charge on any atom is -0.502 e. The molecule has 98 valence electrons. The minimum absolute atomic E-state index is 0.458. The SMILES string of the molecule is C=COCCCNC1CCNCc2ccccc21. The van der Waals surface area contributed by atoms with Crippen molar-refractivity contribution in [1.29, 1.82) is 0 Å².